The topological polar surface area (TPSA) is 129 Å². The van der Waals surface area contributed by atoms with Crippen LogP contribution in [-0.4, -0.2) is 85.4 Å². The number of benzene rings is 2. The standard InChI is InChI=1S/C29H36F3N3O6/c1-19(34-24(15-36)29(30,31)32)26(39)35-28(17-37,14-21-9-11-22(40-3)12-10-21)16-33-23(25(38)27(2)18-41-27)13-20-7-5-4-6-8-20/h4-12,17,19,23-24,33-34,36H,13-16,18H2,1-3H3,(H,35,39). The molecule has 1 saturated heterocycles. The van der Waals surface area contributed by atoms with E-state index >= 15 is 0 Å². The summed E-state index contributed by atoms with van der Waals surface area (Å²) in [5.74, 6) is -0.541. The van der Waals surface area contributed by atoms with Crippen LogP contribution >= 0.6 is 0 Å². The number of carbonyl (C=O) groups is 3. The molecule has 2 aromatic carbocycles. The molecule has 12 heteroatoms. The SMILES string of the molecule is COc1ccc(CC(C=O)(CNC(Cc2ccccc2)C(=O)C2(C)CO2)NC(=O)C(C)NC(CO)C(F)(F)F)cc1. The molecule has 41 heavy (non-hydrogen) atoms. The first-order valence-corrected chi connectivity index (χ1v) is 13.2. The van der Waals surface area contributed by atoms with Crippen molar-refractivity contribution in [2.45, 2.75) is 62.1 Å². The molecule has 4 N–H and O–H groups in total. The van der Waals surface area contributed by atoms with Crippen molar-refractivity contribution >= 4 is 18.0 Å². The van der Waals surface area contributed by atoms with E-state index in [1.54, 1.807) is 31.2 Å². The molecule has 2 aromatic rings. The minimum Gasteiger partial charge on any atom is -0.497 e. The first-order chi connectivity index (χ1) is 19.3. The van der Waals surface area contributed by atoms with Gasteiger partial charge in [-0.1, -0.05) is 42.5 Å². The maximum atomic E-state index is 13.3. The van der Waals surface area contributed by atoms with E-state index in [0.717, 1.165) is 5.56 Å². The van der Waals surface area contributed by atoms with E-state index in [4.69, 9.17) is 14.6 Å². The number of methoxy groups -OCH3 is 1. The zero-order valence-corrected chi connectivity index (χ0v) is 23.2. The maximum absolute atomic E-state index is 13.3. The number of hydrogen-bond donors (Lipinski definition) is 4. The van der Waals surface area contributed by atoms with Crippen LogP contribution in [0.1, 0.15) is 25.0 Å². The number of epoxide rings is 1. The van der Waals surface area contributed by atoms with Crippen molar-refractivity contribution in [3.8, 4) is 5.75 Å². The van der Waals surface area contributed by atoms with Gasteiger partial charge in [-0.05, 0) is 43.5 Å². The van der Waals surface area contributed by atoms with Gasteiger partial charge >= 0.3 is 6.18 Å². The van der Waals surface area contributed by atoms with Crippen LogP contribution in [0.5, 0.6) is 5.75 Å². The quantitative estimate of drug-likeness (QED) is 0.175. The van der Waals surface area contributed by atoms with Crippen LogP contribution in [0.15, 0.2) is 54.6 Å². The third-order valence-corrected chi connectivity index (χ3v) is 7.06. The Hall–Kier alpha value is -3.32. The molecule has 1 amide bonds. The van der Waals surface area contributed by atoms with Crippen molar-refractivity contribution in [3.63, 3.8) is 0 Å². The Morgan fingerprint density at radius 1 is 1.12 bits per heavy atom. The molecule has 3 rings (SSSR count). The molecular formula is C29H36F3N3O6. The predicted molar refractivity (Wildman–Crippen MR) is 144 cm³/mol. The van der Waals surface area contributed by atoms with Crippen LogP contribution in [-0.2, 0) is 32.0 Å². The Kier molecular flexibility index (Phi) is 10.6. The van der Waals surface area contributed by atoms with E-state index in [0.29, 0.717) is 17.6 Å². The monoisotopic (exact) mass is 579 g/mol. The van der Waals surface area contributed by atoms with Crippen LogP contribution in [0.25, 0.3) is 0 Å². The summed E-state index contributed by atoms with van der Waals surface area (Å²) in [4.78, 5) is 39.1. The average Bonchev–Trinajstić information content (AvgIpc) is 3.71. The fourth-order valence-corrected chi connectivity index (χ4v) is 4.38. The summed E-state index contributed by atoms with van der Waals surface area (Å²) in [5, 5.41) is 17.0. The number of ketones is 1. The van der Waals surface area contributed by atoms with Gasteiger partial charge in [-0.2, -0.15) is 13.2 Å². The highest BCUT2D eigenvalue weighted by molar-refractivity contribution is 5.94. The van der Waals surface area contributed by atoms with Crippen molar-refractivity contribution in [2.75, 3.05) is 26.9 Å². The van der Waals surface area contributed by atoms with E-state index in [1.165, 1.54) is 14.0 Å². The number of aliphatic hydroxyl groups is 1. The average molecular weight is 580 g/mol. The van der Waals surface area contributed by atoms with Crippen molar-refractivity contribution < 1.29 is 42.1 Å². The lowest BCUT2D eigenvalue weighted by Crippen LogP contribution is -2.63. The minimum atomic E-state index is -4.79. The van der Waals surface area contributed by atoms with E-state index in [-0.39, 0.29) is 31.8 Å². The highest BCUT2D eigenvalue weighted by Crippen LogP contribution is 2.29. The summed E-state index contributed by atoms with van der Waals surface area (Å²) in [6.45, 7) is 1.66. The molecule has 1 aliphatic rings. The summed E-state index contributed by atoms with van der Waals surface area (Å²) >= 11 is 0. The number of aldehydes is 1. The van der Waals surface area contributed by atoms with Gasteiger partial charge < -0.3 is 30.0 Å². The van der Waals surface area contributed by atoms with Gasteiger partial charge in [-0.25, -0.2) is 0 Å². The Morgan fingerprint density at radius 2 is 1.76 bits per heavy atom. The second-order valence-corrected chi connectivity index (χ2v) is 10.5. The van der Waals surface area contributed by atoms with Crippen LogP contribution in [0, 0.1) is 0 Å². The Morgan fingerprint density at radius 3 is 2.27 bits per heavy atom. The largest absolute Gasteiger partial charge is 0.497 e. The fraction of sp³-hybridized carbons (Fsp3) is 0.483. The number of rotatable bonds is 16. The normalized spacial score (nSPS) is 20.3. The molecular weight excluding hydrogens is 543 g/mol. The van der Waals surface area contributed by atoms with Gasteiger partial charge in [0.2, 0.25) is 5.91 Å². The number of carbonyl (C=O) groups excluding carboxylic acids is 3. The number of amides is 1. The van der Waals surface area contributed by atoms with Gasteiger partial charge in [0.1, 0.15) is 29.2 Å². The lowest BCUT2D eigenvalue weighted by atomic mass is 9.89. The van der Waals surface area contributed by atoms with Crippen LogP contribution in [0.3, 0.4) is 0 Å². The lowest BCUT2D eigenvalue weighted by molar-refractivity contribution is -0.166. The van der Waals surface area contributed by atoms with E-state index in [1.807, 2.05) is 30.3 Å². The second-order valence-electron chi connectivity index (χ2n) is 10.5. The van der Waals surface area contributed by atoms with Gasteiger partial charge in [0, 0.05) is 13.0 Å². The summed E-state index contributed by atoms with van der Waals surface area (Å²) in [6, 6.07) is 11.4. The van der Waals surface area contributed by atoms with Crippen LogP contribution < -0.4 is 20.7 Å². The molecule has 0 bridgehead atoms. The van der Waals surface area contributed by atoms with Gasteiger partial charge in [0.25, 0.3) is 0 Å². The fourth-order valence-electron chi connectivity index (χ4n) is 4.38. The highest BCUT2D eigenvalue weighted by Gasteiger charge is 2.50. The van der Waals surface area contributed by atoms with Crippen molar-refractivity contribution in [1.82, 2.24) is 16.0 Å². The number of ether oxygens (including phenoxy) is 2. The Balaban J connectivity index is 1.86. The number of aliphatic hydroxyl groups excluding tert-OH is 1. The molecule has 0 aromatic heterocycles. The van der Waals surface area contributed by atoms with Gasteiger partial charge in [0.05, 0.1) is 32.4 Å². The maximum Gasteiger partial charge on any atom is 0.406 e. The van der Waals surface area contributed by atoms with E-state index < -0.39 is 48.0 Å². The minimum absolute atomic E-state index is 0.0331. The number of alkyl halides is 3. The smallest absolute Gasteiger partial charge is 0.406 e. The molecule has 0 saturated carbocycles. The molecule has 1 aliphatic heterocycles. The molecule has 224 valence electrons. The Bertz CT molecular complexity index is 1170. The summed E-state index contributed by atoms with van der Waals surface area (Å²) < 4.78 is 50.1. The highest BCUT2D eigenvalue weighted by atomic mass is 19.4. The lowest BCUT2D eigenvalue weighted by Gasteiger charge is -2.34. The predicted octanol–water partition coefficient (Wildman–Crippen LogP) is 1.75. The van der Waals surface area contributed by atoms with E-state index in [9.17, 15) is 27.6 Å². The Labute approximate surface area is 236 Å². The molecule has 1 fully saturated rings. The van der Waals surface area contributed by atoms with Crippen molar-refractivity contribution in [3.05, 3.63) is 65.7 Å². The van der Waals surface area contributed by atoms with E-state index in [2.05, 4.69) is 16.0 Å². The van der Waals surface area contributed by atoms with Gasteiger partial charge in [0.15, 0.2) is 5.78 Å². The van der Waals surface area contributed by atoms with Crippen LogP contribution in [0.2, 0.25) is 0 Å². The van der Waals surface area contributed by atoms with Gasteiger partial charge in [-0.3, -0.25) is 14.9 Å². The van der Waals surface area contributed by atoms with Crippen molar-refractivity contribution in [2.24, 2.45) is 0 Å². The number of Topliss-reactive ketones (excluding diaryl/α,β-unsaturated/α-hetero) is 1. The first kappa shape index (κ1) is 32.2. The summed E-state index contributed by atoms with van der Waals surface area (Å²) in [6.07, 6.45) is -4.02. The van der Waals surface area contributed by atoms with Crippen LogP contribution in [0.4, 0.5) is 13.2 Å². The van der Waals surface area contributed by atoms with Crippen molar-refractivity contribution in [1.29, 1.82) is 0 Å². The number of nitrogens with one attached hydrogen (secondary N) is 3. The molecule has 5 atom stereocenters. The zero-order valence-electron chi connectivity index (χ0n) is 23.2. The molecule has 1 heterocycles. The number of hydrogen-bond acceptors (Lipinski definition) is 8. The molecule has 0 aliphatic carbocycles. The second kappa shape index (κ2) is 13.6. The third-order valence-electron chi connectivity index (χ3n) is 7.06. The summed E-state index contributed by atoms with van der Waals surface area (Å²) in [7, 11) is 1.50. The zero-order chi connectivity index (χ0) is 30.3. The molecule has 9 nitrogen and oxygen atoms in total. The molecule has 5 unspecified atom stereocenters. The third kappa shape index (κ3) is 8.83. The summed E-state index contributed by atoms with van der Waals surface area (Å²) in [5.41, 5.74) is -1.12. The first-order valence-electron chi connectivity index (χ1n) is 13.2. The molecule has 0 radical (unpaired) electrons. The molecule has 0 spiro atoms. The number of halogens is 3. The van der Waals surface area contributed by atoms with Gasteiger partial charge in [-0.15, -0.1) is 0 Å².